The zero-order valence-corrected chi connectivity index (χ0v) is 27.1. The van der Waals surface area contributed by atoms with Gasteiger partial charge in [-0.2, -0.15) is 5.26 Å². The Labute approximate surface area is 263 Å². The Morgan fingerprint density at radius 3 is 2.60 bits per heavy atom. The number of hydrogen-bond donors (Lipinski definition) is 1. The maximum Gasteiger partial charge on any atom is 0.141 e. The normalized spacial score (nSPS) is 18.1. The number of amidine groups is 1. The van der Waals surface area contributed by atoms with E-state index in [0.29, 0.717) is 39.3 Å². The fourth-order valence-electron chi connectivity index (χ4n) is 6.40. The van der Waals surface area contributed by atoms with E-state index in [0.717, 1.165) is 48.7 Å². The highest BCUT2D eigenvalue weighted by Gasteiger charge is 2.43. The van der Waals surface area contributed by atoms with E-state index in [-0.39, 0.29) is 5.82 Å². The summed E-state index contributed by atoms with van der Waals surface area (Å²) in [5.41, 5.74) is 6.67. The summed E-state index contributed by atoms with van der Waals surface area (Å²) < 4.78 is 16.6. The van der Waals surface area contributed by atoms with Crippen LogP contribution in [0.5, 0.6) is 0 Å². The predicted octanol–water partition coefficient (Wildman–Crippen LogP) is 9.78. The molecule has 2 bridgehead atoms. The SMILES string of the molecule is C=C(/N=C(\c1cc(Br)c(-c2ccc(F)c3sc(NCc4ccccc4)c(C#N)c23)c(C)c1C)N1C2CCCC1C2)SC. The first-order valence-corrected chi connectivity index (χ1v) is 17.0. The average Bonchev–Trinajstić information content (AvgIpc) is 3.39. The summed E-state index contributed by atoms with van der Waals surface area (Å²) in [7, 11) is 0. The second kappa shape index (κ2) is 11.9. The molecule has 0 radical (unpaired) electrons. The van der Waals surface area contributed by atoms with E-state index >= 15 is 4.39 Å². The van der Waals surface area contributed by atoms with Gasteiger partial charge in [0, 0.05) is 34.1 Å². The molecule has 8 heteroatoms. The summed E-state index contributed by atoms with van der Waals surface area (Å²) in [6.45, 7) is 8.98. The second-order valence-electron chi connectivity index (χ2n) is 11.0. The van der Waals surface area contributed by atoms with Crippen LogP contribution in [0.15, 0.2) is 69.6 Å². The average molecular weight is 660 g/mol. The second-order valence-corrected chi connectivity index (χ2v) is 13.8. The van der Waals surface area contributed by atoms with Gasteiger partial charge >= 0.3 is 0 Å². The summed E-state index contributed by atoms with van der Waals surface area (Å²) in [4.78, 5) is 7.55. The quantitative estimate of drug-likeness (QED) is 0.159. The number of hydrogen-bond acceptors (Lipinski definition) is 5. The molecule has 2 saturated heterocycles. The van der Waals surface area contributed by atoms with E-state index in [1.165, 1.54) is 43.1 Å². The van der Waals surface area contributed by atoms with Crippen molar-refractivity contribution in [2.24, 2.45) is 4.99 Å². The molecule has 2 aliphatic heterocycles. The molecule has 4 nitrogen and oxygen atoms in total. The van der Waals surface area contributed by atoms with Crippen LogP contribution in [0.2, 0.25) is 0 Å². The van der Waals surface area contributed by atoms with Crippen LogP contribution in [0.25, 0.3) is 21.2 Å². The standard InChI is InChI=1S/C34H32BrFN4S2/c1-19-20(2)30(28(35)16-26(19)33(39-21(3)41-4)40-23-11-8-12-24(40)15-23)25-13-14-29(36)32-31(25)27(17-37)34(42-32)38-18-22-9-6-5-7-10-22/h5-7,9-10,13-14,16,23-24,38H,3,8,11-12,15,18H2,1-2,4H3/b39-33+. The number of nitrogens with zero attached hydrogens (tertiary/aromatic N) is 3. The number of thioether (sulfide) groups is 1. The van der Waals surface area contributed by atoms with Crippen molar-refractivity contribution in [2.75, 3.05) is 11.6 Å². The Kier molecular flexibility index (Phi) is 8.19. The minimum atomic E-state index is -0.320. The monoisotopic (exact) mass is 658 g/mol. The molecule has 42 heavy (non-hydrogen) atoms. The van der Waals surface area contributed by atoms with Gasteiger partial charge in [-0.25, -0.2) is 9.38 Å². The van der Waals surface area contributed by atoms with Crippen LogP contribution in [0, 0.1) is 31.0 Å². The third-order valence-electron chi connectivity index (χ3n) is 8.68. The molecule has 3 heterocycles. The van der Waals surface area contributed by atoms with Crippen LogP contribution < -0.4 is 5.32 Å². The van der Waals surface area contributed by atoms with Gasteiger partial charge in [0.05, 0.1) is 15.3 Å². The number of nitriles is 1. The number of piperidine rings is 1. The fraction of sp³-hybridized carbons (Fsp3) is 0.294. The summed E-state index contributed by atoms with van der Waals surface area (Å²) >= 11 is 6.76. The maximum absolute atomic E-state index is 15.3. The highest BCUT2D eigenvalue weighted by atomic mass is 79.9. The van der Waals surface area contributed by atoms with Crippen molar-refractivity contribution in [3.8, 4) is 17.2 Å². The van der Waals surface area contributed by atoms with Gasteiger partial charge in [-0.15, -0.1) is 23.1 Å². The fourth-order valence-corrected chi connectivity index (χ4v) is 8.39. The highest BCUT2D eigenvalue weighted by Crippen LogP contribution is 2.47. The molecular formula is C34H32BrFN4S2. The van der Waals surface area contributed by atoms with E-state index in [4.69, 9.17) is 4.99 Å². The molecule has 6 rings (SSSR count). The lowest BCUT2D eigenvalue weighted by atomic mass is 9.78. The van der Waals surface area contributed by atoms with E-state index < -0.39 is 0 Å². The summed E-state index contributed by atoms with van der Waals surface area (Å²) in [5.74, 6) is 0.674. The number of benzene rings is 3. The lowest BCUT2D eigenvalue weighted by molar-refractivity contribution is 0.0417. The molecule has 0 amide bonds. The van der Waals surface area contributed by atoms with Crippen molar-refractivity contribution in [1.82, 2.24) is 4.90 Å². The first-order chi connectivity index (χ1) is 20.3. The maximum atomic E-state index is 15.3. The number of rotatable bonds is 7. The molecule has 3 aromatic carbocycles. The molecule has 2 unspecified atom stereocenters. The van der Waals surface area contributed by atoms with Gasteiger partial charge < -0.3 is 10.2 Å². The molecule has 2 aliphatic rings. The molecule has 0 spiro atoms. The topological polar surface area (TPSA) is 51.4 Å². The lowest BCUT2D eigenvalue weighted by Gasteiger charge is -2.54. The zero-order valence-electron chi connectivity index (χ0n) is 23.9. The molecule has 214 valence electrons. The third kappa shape index (κ3) is 5.06. The zero-order chi connectivity index (χ0) is 29.5. The van der Waals surface area contributed by atoms with E-state index in [1.807, 2.05) is 42.7 Å². The summed E-state index contributed by atoms with van der Waals surface area (Å²) in [6.07, 6.45) is 6.90. The highest BCUT2D eigenvalue weighted by molar-refractivity contribution is 9.10. The Bertz CT molecular complexity index is 1760. The van der Waals surface area contributed by atoms with Crippen molar-refractivity contribution < 1.29 is 4.39 Å². The number of fused-ring (bicyclic) bond motifs is 3. The van der Waals surface area contributed by atoms with Gasteiger partial charge in [-0.3, -0.25) is 0 Å². The van der Waals surface area contributed by atoms with Crippen molar-refractivity contribution in [1.29, 1.82) is 5.26 Å². The summed E-state index contributed by atoms with van der Waals surface area (Å²) in [5, 5.41) is 15.8. The molecule has 0 aliphatic carbocycles. The Morgan fingerprint density at radius 1 is 1.19 bits per heavy atom. The van der Waals surface area contributed by atoms with E-state index in [2.05, 4.69) is 58.7 Å². The van der Waals surface area contributed by atoms with Gasteiger partial charge in [0.15, 0.2) is 0 Å². The number of anilines is 1. The largest absolute Gasteiger partial charge is 0.372 e. The number of thiophene rings is 1. The third-order valence-corrected chi connectivity index (χ3v) is 11.0. The molecule has 4 aromatic rings. The first-order valence-electron chi connectivity index (χ1n) is 14.2. The minimum Gasteiger partial charge on any atom is -0.372 e. The number of nitrogens with one attached hydrogen (secondary N) is 1. The van der Waals surface area contributed by atoms with Crippen LogP contribution in [-0.4, -0.2) is 29.1 Å². The van der Waals surface area contributed by atoms with Crippen LogP contribution in [0.1, 0.15) is 53.5 Å². The van der Waals surface area contributed by atoms with Gasteiger partial charge in [-0.05, 0) is 85.7 Å². The Hall–Kier alpha value is -3.12. The molecule has 1 N–H and O–H groups in total. The van der Waals surface area contributed by atoms with Gasteiger partial charge in [-0.1, -0.05) is 58.9 Å². The molecule has 1 aromatic heterocycles. The molecule has 2 atom stereocenters. The van der Waals surface area contributed by atoms with Crippen molar-refractivity contribution in [2.45, 2.75) is 58.2 Å². The van der Waals surface area contributed by atoms with Crippen LogP contribution in [-0.2, 0) is 6.54 Å². The molecule has 2 fully saturated rings. The van der Waals surface area contributed by atoms with Crippen LogP contribution >= 0.6 is 39.0 Å². The van der Waals surface area contributed by atoms with Crippen LogP contribution in [0.4, 0.5) is 9.39 Å². The van der Waals surface area contributed by atoms with Crippen LogP contribution in [0.3, 0.4) is 0 Å². The Morgan fingerprint density at radius 2 is 1.93 bits per heavy atom. The van der Waals surface area contributed by atoms with Crippen molar-refractivity contribution >= 4 is 60.0 Å². The van der Waals surface area contributed by atoms with Crippen molar-refractivity contribution in [3.05, 3.63) is 98.2 Å². The van der Waals surface area contributed by atoms with Gasteiger partial charge in [0.25, 0.3) is 0 Å². The molecule has 0 saturated carbocycles. The van der Waals surface area contributed by atoms with Crippen molar-refractivity contribution in [3.63, 3.8) is 0 Å². The van der Waals surface area contributed by atoms with Gasteiger partial charge in [0.1, 0.15) is 22.7 Å². The minimum absolute atomic E-state index is 0.320. The number of halogens is 2. The molecular weight excluding hydrogens is 627 g/mol. The van der Waals surface area contributed by atoms with E-state index in [9.17, 15) is 5.26 Å². The lowest BCUT2D eigenvalue weighted by Crippen LogP contribution is -2.61. The summed E-state index contributed by atoms with van der Waals surface area (Å²) in [6, 6.07) is 18.9. The predicted molar refractivity (Wildman–Crippen MR) is 180 cm³/mol. The Balaban J connectivity index is 1.47. The first kappa shape index (κ1) is 29.0. The number of aliphatic imine (C=N–C) groups is 1. The van der Waals surface area contributed by atoms with Gasteiger partial charge in [0.2, 0.25) is 0 Å². The smallest absolute Gasteiger partial charge is 0.141 e. The van der Waals surface area contributed by atoms with E-state index in [1.54, 1.807) is 11.8 Å².